The van der Waals surface area contributed by atoms with Gasteiger partial charge in [-0.2, -0.15) is 0 Å². The summed E-state index contributed by atoms with van der Waals surface area (Å²) in [6, 6.07) is 0.946. The van der Waals surface area contributed by atoms with Crippen molar-refractivity contribution in [2.75, 3.05) is 46.0 Å². The van der Waals surface area contributed by atoms with Gasteiger partial charge in [-0.3, -0.25) is 0 Å². The van der Waals surface area contributed by atoms with Gasteiger partial charge >= 0.3 is 8.80 Å². The highest BCUT2D eigenvalue weighted by Crippen LogP contribution is 2.21. The highest BCUT2D eigenvalue weighted by molar-refractivity contribution is 6.60. The van der Waals surface area contributed by atoms with Gasteiger partial charge in [0.05, 0.1) is 26.2 Å². The van der Waals surface area contributed by atoms with Crippen LogP contribution in [0.3, 0.4) is 0 Å². The van der Waals surface area contributed by atoms with E-state index < -0.39 is 8.80 Å². The van der Waals surface area contributed by atoms with E-state index in [-0.39, 0.29) is 12.4 Å². The molecule has 0 aromatic heterocycles. The second-order valence-electron chi connectivity index (χ2n) is 10.8. The monoisotopic (exact) mass is 565 g/mol. The standard InChI is InChI=1S/C31H68NO3Si.ClH/c1-7-13-14-15-16-17-18-19-20-21-22-23-24-25-26-27-29-32(8-2,9-3)30-28-31-36(33-10-4,34-11-5)35-12-6;/h7-31H2,1-6H3;1H/q+1;/p-1. The Kier molecular flexibility index (Phi) is 29.8. The van der Waals surface area contributed by atoms with Gasteiger partial charge in [-0.15, -0.1) is 0 Å². The molecule has 0 aromatic carbocycles. The van der Waals surface area contributed by atoms with Gasteiger partial charge in [-0.25, -0.2) is 0 Å². The lowest BCUT2D eigenvalue weighted by molar-refractivity contribution is -0.925. The van der Waals surface area contributed by atoms with E-state index in [1.54, 1.807) is 0 Å². The third-order valence-corrected chi connectivity index (χ3v) is 11.2. The van der Waals surface area contributed by atoms with Gasteiger partial charge in [0, 0.05) is 32.3 Å². The van der Waals surface area contributed by atoms with Crippen LogP contribution in [-0.4, -0.2) is 59.3 Å². The van der Waals surface area contributed by atoms with Gasteiger partial charge in [-0.1, -0.05) is 96.8 Å². The summed E-state index contributed by atoms with van der Waals surface area (Å²) in [5, 5.41) is 0. The van der Waals surface area contributed by atoms with Gasteiger partial charge in [0.25, 0.3) is 0 Å². The Labute approximate surface area is 241 Å². The van der Waals surface area contributed by atoms with E-state index in [4.69, 9.17) is 13.3 Å². The molecule has 0 saturated carbocycles. The first-order valence-electron chi connectivity index (χ1n) is 16.3. The van der Waals surface area contributed by atoms with E-state index in [0.717, 1.165) is 12.5 Å². The van der Waals surface area contributed by atoms with Crippen molar-refractivity contribution in [3.63, 3.8) is 0 Å². The summed E-state index contributed by atoms with van der Waals surface area (Å²) in [6.07, 6.45) is 24.1. The van der Waals surface area contributed by atoms with Crippen LogP contribution >= 0.6 is 0 Å². The van der Waals surface area contributed by atoms with Crippen molar-refractivity contribution in [1.82, 2.24) is 0 Å². The quantitative estimate of drug-likeness (QED) is 0.0585. The van der Waals surface area contributed by atoms with Crippen molar-refractivity contribution in [2.45, 2.75) is 157 Å². The Morgan fingerprint density at radius 3 is 1.08 bits per heavy atom. The molecule has 6 heteroatoms. The molecular weight excluding hydrogens is 498 g/mol. The second kappa shape index (κ2) is 27.9. The maximum atomic E-state index is 6.07. The van der Waals surface area contributed by atoms with E-state index in [0.29, 0.717) is 19.8 Å². The fraction of sp³-hybridized carbons (Fsp3) is 1.00. The third kappa shape index (κ3) is 20.9. The molecule has 0 amide bonds. The van der Waals surface area contributed by atoms with Gasteiger partial charge < -0.3 is 30.2 Å². The maximum Gasteiger partial charge on any atom is 0.501 e. The molecule has 0 fully saturated rings. The fourth-order valence-corrected chi connectivity index (χ4v) is 8.19. The molecule has 0 saturated heterocycles. The number of halogens is 1. The summed E-state index contributed by atoms with van der Waals surface area (Å²) in [4.78, 5) is 0. The molecule has 0 heterocycles. The molecule has 226 valence electrons. The minimum atomic E-state index is -2.51. The van der Waals surface area contributed by atoms with Gasteiger partial charge in [-0.05, 0) is 47.5 Å². The van der Waals surface area contributed by atoms with Crippen molar-refractivity contribution in [3.05, 3.63) is 0 Å². The van der Waals surface area contributed by atoms with Crippen LogP contribution in [0.4, 0.5) is 0 Å². The lowest BCUT2D eigenvalue weighted by Crippen LogP contribution is -3.00. The fourth-order valence-electron chi connectivity index (χ4n) is 5.60. The molecular formula is C31H68ClNO3Si. The van der Waals surface area contributed by atoms with Crippen LogP contribution in [-0.2, 0) is 13.3 Å². The first-order chi connectivity index (χ1) is 17.6. The number of nitrogens with zero attached hydrogens (tertiary/aromatic N) is 1. The van der Waals surface area contributed by atoms with Gasteiger partial charge in [0.1, 0.15) is 0 Å². The average Bonchev–Trinajstić information content (AvgIpc) is 2.88. The number of hydrogen-bond donors (Lipinski definition) is 0. The molecule has 0 N–H and O–H groups in total. The topological polar surface area (TPSA) is 27.7 Å². The summed E-state index contributed by atoms with van der Waals surface area (Å²) < 4.78 is 19.5. The van der Waals surface area contributed by atoms with Crippen LogP contribution in [0.15, 0.2) is 0 Å². The number of hydrogen-bond acceptors (Lipinski definition) is 3. The smallest absolute Gasteiger partial charge is 0.501 e. The van der Waals surface area contributed by atoms with E-state index in [9.17, 15) is 0 Å². The van der Waals surface area contributed by atoms with Crippen LogP contribution in [0.2, 0.25) is 6.04 Å². The average molecular weight is 566 g/mol. The summed E-state index contributed by atoms with van der Waals surface area (Å²) in [7, 11) is -2.51. The Morgan fingerprint density at radius 1 is 0.432 bits per heavy atom. The minimum Gasteiger partial charge on any atom is -1.00 e. The number of unbranched alkanes of at least 4 members (excludes halogenated alkanes) is 15. The molecule has 0 aliphatic rings. The zero-order valence-electron chi connectivity index (χ0n) is 26.2. The lowest BCUT2D eigenvalue weighted by atomic mass is 10.0. The van der Waals surface area contributed by atoms with Crippen LogP contribution < -0.4 is 12.4 Å². The first kappa shape index (κ1) is 39.5. The van der Waals surface area contributed by atoms with Crippen LogP contribution in [0.25, 0.3) is 0 Å². The van der Waals surface area contributed by atoms with Crippen LogP contribution in [0.5, 0.6) is 0 Å². The van der Waals surface area contributed by atoms with E-state index in [2.05, 4.69) is 41.5 Å². The molecule has 0 aromatic rings. The first-order valence-corrected chi connectivity index (χ1v) is 18.3. The SMILES string of the molecule is CCCCCCCCCCCCCCCCCC[N+](CC)(CC)CCC[Si](OCC)(OCC)OCC.[Cl-]. The summed E-state index contributed by atoms with van der Waals surface area (Å²) >= 11 is 0. The number of rotatable bonds is 29. The van der Waals surface area contributed by atoms with E-state index >= 15 is 0 Å². The van der Waals surface area contributed by atoms with Gasteiger partial charge in [0.15, 0.2) is 0 Å². The molecule has 37 heavy (non-hydrogen) atoms. The molecule has 0 aliphatic carbocycles. The highest BCUT2D eigenvalue weighted by Gasteiger charge is 2.40. The largest absolute Gasteiger partial charge is 1.00 e. The minimum absolute atomic E-state index is 0. The third-order valence-electron chi connectivity index (χ3n) is 8.04. The molecule has 0 bridgehead atoms. The molecule has 0 aliphatic heterocycles. The van der Waals surface area contributed by atoms with Crippen LogP contribution in [0, 0.1) is 0 Å². The highest BCUT2D eigenvalue weighted by atomic mass is 35.5. The van der Waals surface area contributed by atoms with E-state index in [1.165, 1.54) is 133 Å². The van der Waals surface area contributed by atoms with Crippen molar-refractivity contribution < 1.29 is 30.2 Å². The molecule has 0 radical (unpaired) electrons. The summed E-state index contributed by atoms with van der Waals surface area (Å²) in [6.45, 7) is 20.2. The predicted molar refractivity (Wildman–Crippen MR) is 161 cm³/mol. The van der Waals surface area contributed by atoms with Gasteiger partial charge in [0.2, 0.25) is 0 Å². The van der Waals surface area contributed by atoms with Crippen molar-refractivity contribution in [1.29, 1.82) is 0 Å². The molecule has 0 spiro atoms. The van der Waals surface area contributed by atoms with Crippen molar-refractivity contribution >= 4 is 8.80 Å². The molecule has 4 nitrogen and oxygen atoms in total. The Hall–Kier alpha value is 0.347. The zero-order chi connectivity index (χ0) is 26.8. The van der Waals surface area contributed by atoms with Crippen molar-refractivity contribution in [3.8, 4) is 0 Å². The van der Waals surface area contributed by atoms with Crippen molar-refractivity contribution in [2.24, 2.45) is 0 Å². The zero-order valence-corrected chi connectivity index (χ0v) is 28.0. The molecule has 0 rings (SSSR count). The summed E-state index contributed by atoms with van der Waals surface area (Å²) in [5.74, 6) is 0. The van der Waals surface area contributed by atoms with Crippen LogP contribution in [0.1, 0.15) is 151 Å². The second-order valence-corrected chi connectivity index (χ2v) is 13.5. The van der Waals surface area contributed by atoms with E-state index in [1.807, 2.05) is 0 Å². The summed E-state index contributed by atoms with van der Waals surface area (Å²) in [5.41, 5.74) is 0. The Bertz CT molecular complexity index is 435. The lowest BCUT2D eigenvalue weighted by Gasteiger charge is -2.38. The maximum absolute atomic E-state index is 6.07. The molecule has 0 unspecified atom stereocenters. The normalized spacial score (nSPS) is 12.2. The predicted octanol–water partition coefficient (Wildman–Crippen LogP) is 6.55. The Balaban J connectivity index is 0. The number of quaternary nitrogens is 1. The molecule has 0 atom stereocenters. The Morgan fingerprint density at radius 2 is 0.757 bits per heavy atom.